The highest BCUT2D eigenvalue weighted by Crippen LogP contribution is 2.43. The standard InChI is InChI=1S/C43H75NO9/c1-25(2)21-34-22-27(4)26(3)19-17-16-18-20-29(6)48-35(46)23-28(5)38(47-15)40(34)53-42-41(51-33(10)45)37(44(13)14)39(32(9)50-42)52-36-24-43(11,12)30(7)31(8)49-36/h16-19,25-32,34,36-42H,20-24H2,1-15H3/b18-16+,19-17+/t26-,27+,28+,29+,30?,31-,32+,34-,36-,37?,38-,39?,40-,41?,42-/m0/s1. The number of carbonyl (C=O) groups excluding carboxylic acids is 2. The van der Waals surface area contributed by atoms with Crippen LogP contribution in [0.15, 0.2) is 24.3 Å². The third-order valence-corrected chi connectivity index (χ3v) is 12.2. The van der Waals surface area contributed by atoms with Crippen molar-refractivity contribution in [3.63, 3.8) is 0 Å². The molecule has 0 aromatic rings. The minimum Gasteiger partial charge on any atom is -0.462 e. The van der Waals surface area contributed by atoms with Crippen molar-refractivity contribution >= 4 is 11.9 Å². The lowest BCUT2D eigenvalue weighted by Gasteiger charge is -2.51. The molecule has 0 spiro atoms. The molecule has 2 fully saturated rings. The third-order valence-electron chi connectivity index (χ3n) is 12.2. The Morgan fingerprint density at radius 2 is 1.60 bits per heavy atom. The largest absolute Gasteiger partial charge is 0.462 e. The molecule has 0 bridgehead atoms. The first-order chi connectivity index (χ1) is 24.7. The zero-order valence-corrected chi connectivity index (χ0v) is 35.7. The SMILES string of the molecule is CO[C@@H]1[C@@H](O[C@@H]2O[C@H](C)C(O[C@H]3CC(C)(C)C(C)[C@H](C)O3)C(N(C)C)C2OC(C)=O)[C@@H](CC(C)C)C[C@@H](C)[C@@H](C)/C=C/C=C/C[C@@H](C)OC(=O)C[C@H]1C. The Morgan fingerprint density at radius 1 is 0.925 bits per heavy atom. The van der Waals surface area contributed by atoms with Crippen LogP contribution in [0.3, 0.4) is 0 Å². The lowest BCUT2D eigenvalue weighted by Crippen LogP contribution is -2.66. The van der Waals surface area contributed by atoms with E-state index in [-0.39, 0.29) is 41.8 Å². The Bertz CT molecular complexity index is 1200. The lowest BCUT2D eigenvalue weighted by molar-refractivity contribution is -0.338. The number of likely N-dealkylation sites (N-methyl/N-ethyl adjacent to an activating group) is 1. The lowest BCUT2D eigenvalue weighted by atomic mass is 9.73. The molecule has 3 aliphatic rings. The molecule has 0 radical (unpaired) electrons. The zero-order chi connectivity index (χ0) is 39.8. The van der Waals surface area contributed by atoms with Crippen molar-refractivity contribution < 1.29 is 42.7 Å². The molecule has 53 heavy (non-hydrogen) atoms. The summed E-state index contributed by atoms with van der Waals surface area (Å²) in [7, 11) is 5.62. The van der Waals surface area contributed by atoms with Crippen molar-refractivity contribution in [1.82, 2.24) is 4.90 Å². The van der Waals surface area contributed by atoms with Crippen LogP contribution in [-0.2, 0) is 42.7 Å². The molecule has 4 unspecified atom stereocenters. The predicted molar refractivity (Wildman–Crippen MR) is 208 cm³/mol. The summed E-state index contributed by atoms with van der Waals surface area (Å²) in [5.41, 5.74) is 0.0166. The van der Waals surface area contributed by atoms with Crippen molar-refractivity contribution in [2.75, 3.05) is 21.2 Å². The zero-order valence-electron chi connectivity index (χ0n) is 35.7. The molecule has 10 heteroatoms. The molecule has 3 heterocycles. The molecule has 10 nitrogen and oxygen atoms in total. The summed E-state index contributed by atoms with van der Waals surface area (Å²) < 4.78 is 45.5. The fourth-order valence-electron chi connectivity index (χ4n) is 8.55. The minimum atomic E-state index is -0.927. The van der Waals surface area contributed by atoms with Crippen LogP contribution in [0.4, 0.5) is 0 Å². The van der Waals surface area contributed by atoms with Crippen LogP contribution in [0, 0.1) is 40.9 Å². The molecular formula is C43H75NO9. The molecule has 0 N–H and O–H groups in total. The van der Waals surface area contributed by atoms with E-state index in [0.717, 1.165) is 19.3 Å². The van der Waals surface area contributed by atoms with E-state index in [0.29, 0.717) is 30.1 Å². The van der Waals surface area contributed by atoms with E-state index in [1.54, 1.807) is 7.11 Å². The normalized spacial score (nSPS) is 41.8. The van der Waals surface area contributed by atoms with Crippen molar-refractivity contribution in [3.05, 3.63) is 24.3 Å². The number of methoxy groups -OCH3 is 1. The number of esters is 2. The van der Waals surface area contributed by atoms with Crippen molar-refractivity contribution in [1.29, 1.82) is 0 Å². The van der Waals surface area contributed by atoms with Gasteiger partial charge in [-0.2, -0.15) is 0 Å². The molecule has 0 aromatic heterocycles. The molecule has 0 amide bonds. The Kier molecular flexibility index (Phi) is 17.5. The first-order valence-corrected chi connectivity index (χ1v) is 20.3. The minimum absolute atomic E-state index is 0.0166. The van der Waals surface area contributed by atoms with Crippen LogP contribution in [0.1, 0.15) is 115 Å². The first kappa shape index (κ1) is 45.6. The fraction of sp³-hybridized carbons (Fsp3) is 0.860. The van der Waals surface area contributed by atoms with E-state index in [9.17, 15) is 9.59 Å². The average Bonchev–Trinajstić information content (AvgIpc) is 3.03. The second-order valence-electron chi connectivity index (χ2n) is 17.9. The van der Waals surface area contributed by atoms with Gasteiger partial charge >= 0.3 is 11.9 Å². The summed E-state index contributed by atoms with van der Waals surface area (Å²) in [5.74, 6) is 0.469. The number of cyclic esters (lactones) is 1. The number of carbonyl (C=O) groups is 2. The Hall–Kier alpha value is -1.82. The highest BCUT2D eigenvalue weighted by molar-refractivity contribution is 5.70. The second kappa shape index (κ2) is 20.4. The van der Waals surface area contributed by atoms with E-state index in [4.69, 9.17) is 33.2 Å². The van der Waals surface area contributed by atoms with Gasteiger partial charge in [0.1, 0.15) is 12.2 Å². The van der Waals surface area contributed by atoms with Crippen molar-refractivity contribution in [3.8, 4) is 0 Å². The summed E-state index contributed by atoms with van der Waals surface area (Å²) in [4.78, 5) is 28.1. The van der Waals surface area contributed by atoms with Gasteiger partial charge in [-0.3, -0.25) is 9.59 Å². The van der Waals surface area contributed by atoms with E-state index < -0.39 is 55.1 Å². The van der Waals surface area contributed by atoms with Crippen molar-refractivity contribution in [2.24, 2.45) is 40.9 Å². The van der Waals surface area contributed by atoms with Crippen LogP contribution in [0.2, 0.25) is 0 Å². The predicted octanol–water partition coefficient (Wildman–Crippen LogP) is 7.97. The van der Waals surface area contributed by atoms with Gasteiger partial charge in [0.2, 0.25) is 0 Å². The monoisotopic (exact) mass is 750 g/mol. The molecule has 3 rings (SSSR count). The van der Waals surface area contributed by atoms with Gasteiger partial charge in [-0.05, 0) is 88.6 Å². The van der Waals surface area contributed by atoms with E-state index in [1.165, 1.54) is 6.92 Å². The fourth-order valence-corrected chi connectivity index (χ4v) is 8.55. The van der Waals surface area contributed by atoms with E-state index in [2.05, 4.69) is 73.6 Å². The number of rotatable bonds is 9. The first-order valence-electron chi connectivity index (χ1n) is 20.3. The van der Waals surface area contributed by atoms with Crippen LogP contribution >= 0.6 is 0 Å². The number of allylic oxidation sites excluding steroid dienone is 3. The van der Waals surface area contributed by atoms with Crippen LogP contribution in [0.5, 0.6) is 0 Å². The molecule has 0 aromatic carbocycles. The van der Waals surface area contributed by atoms with Crippen LogP contribution in [-0.4, -0.2) is 99.4 Å². The summed E-state index contributed by atoms with van der Waals surface area (Å²) in [6.07, 6.45) is 7.41. The van der Waals surface area contributed by atoms with Gasteiger partial charge in [-0.1, -0.05) is 79.7 Å². The third kappa shape index (κ3) is 12.9. The Morgan fingerprint density at radius 3 is 2.19 bits per heavy atom. The molecule has 2 saturated heterocycles. The summed E-state index contributed by atoms with van der Waals surface area (Å²) in [6.45, 7) is 25.2. The molecule has 15 atom stereocenters. The molecule has 0 saturated carbocycles. The topological polar surface area (TPSA) is 102 Å². The number of hydrogen-bond acceptors (Lipinski definition) is 10. The van der Waals surface area contributed by atoms with Crippen molar-refractivity contribution in [2.45, 2.75) is 177 Å². The van der Waals surface area contributed by atoms with Gasteiger partial charge in [0.15, 0.2) is 18.7 Å². The Labute approximate surface area is 322 Å². The summed E-state index contributed by atoms with van der Waals surface area (Å²) >= 11 is 0. The highest BCUT2D eigenvalue weighted by Gasteiger charge is 2.52. The second-order valence-corrected chi connectivity index (χ2v) is 17.9. The maximum atomic E-state index is 13.3. The van der Waals surface area contributed by atoms with Gasteiger partial charge in [-0.25, -0.2) is 0 Å². The van der Waals surface area contributed by atoms with E-state index >= 15 is 0 Å². The Balaban J connectivity index is 2.07. The van der Waals surface area contributed by atoms with Gasteiger partial charge in [0.25, 0.3) is 0 Å². The number of nitrogens with zero attached hydrogens (tertiary/aromatic N) is 1. The van der Waals surface area contributed by atoms with E-state index in [1.807, 2.05) is 45.8 Å². The number of hydrogen-bond donors (Lipinski definition) is 0. The summed E-state index contributed by atoms with van der Waals surface area (Å²) in [6, 6.07) is -0.407. The molecule has 306 valence electrons. The molecular weight excluding hydrogens is 674 g/mol. The van der Waals surface area contributed by atoms with Crippen LogP contribution in [0.25, 0.3) is 0 Å². The summed E-state index contributed by atoms with van der Waals surface area (Å²) in [5, 5.41) is 0. The molecule has 3 aliphatic heterocycles. The number of ether oxygens (including phenoxy) is 7. The van der Waals surface area contributed by atoms with Crippen LogP contribution < -0.4 is 0 Å². The molecule has 0 aliphatic carbocycles. The quantitative estimate of drug-likeness (QED) is 0.216. The maximum Gasteiger partial charge on any atom is 0.306 e. The van der Waals surface area contributed by atoms with Gasteiger partial charge in [0.05, 0.1) is 36.9 Å². The maximum absolute atomic E-state index is 13.3. The van der Waals surface area contributed by atoms with Gasteiger partial charge < -0.3 is 38.1 Å². The smallest absolute Gasteiger partial charge is 0.306 e. The average molecular weight is 750 g/mol. The van der Waals surface area contributed by atoms with Gasteiger partial charge in [0, 0.05) is 26.9 Å². The van der Waals surface area contributed by atoms with Gasteiger partial charge in [-0.15, -0.1) is 0 Å². The highest BCUT2D eigenvalue weighted by atomic mass is 16.7.